The van der Waals surface area contributed by atoms with Crippen molar-refractivity contribution in [1.82, 2.24) is 4.90 Å². The van der Waals surface area contributed by atoms with E-state index in [1.165, 1.54) is 15.3 Å². The number of hydrogen-bond donors (Lipinski definition) is 0. The van der Waals surface area contributed by atoms with Gasteiger partial charge in [-0.25, -0.2) is 8.78 Å². The number of hydrogen-bond acceptors (Lipinski definition) is 2. The molecule has 0 amide bonds. The number of likely N-dealkylation sites (tertiary alicyclic amines) is 1. The average molecular weight is 293 g/mol. The van der Waals surface area contributed by atoms with Gasteiger partial charge in [-0.2, -0.15) is 0 Å². The van der Waals surface area contributed by atoms with Gasteiger partial charge in [-0.15, -0.1) is 11.3 Å². The zero-order valence-corrected chi connectivity index (χ0v) is 12.2. The monoisotopic (exact) mass is 293 g/mol. The lowest BCUT2D eigenvalue weighted by Gasteiger charge is -2.17. The van der Waals surface area contributed by atoms with Crippen molar-refractivity contribution in [2.45, 2.75) is 25.8 Å². The fourth-order valence-corrected chi connectivity index (χ4v) is 3.59. The van der Waals surface area contributed by atoms with E-state index in [1.807, 2.05) is 23.1 Å². The van der Waals surface area contributed by atoms with Gasteiger partial charge in [-0.05, 0) is 30.2 Å². The molecule has 4 heteroatoms. The smallest absolute Gasteiger partial charge is 0.261 e. The van der Waals surface area contributed by atoms with Gasteiger partial charge in [0.05, 0.1) is 6.54 Å². The molecule has 2 heterocycles. The van der Waals surface area contributed by atoms with Crippen LogP contribution in [0.5, 0.6) is 0 Å². The molecule has 0 spiro atoms. The Kier molecular flexibility index (Phi) is 3.61. The van der Waals surface area contributed by atoms with Crippen molar-refractivity contribution < 1.29 is 8.78 Å². The third-order valence-electron chi connectivity index (χ3n) is 3.67. The SMILES string of the molecule is Cc1ccc(-c2ccccc2CN2CCC(F)(F)C2)s1. The first-order chi connectivity index (χ1) is 9.53. The van der Waals surface area contributed by atoms with E-state index in [0.717, 1.165) is 5.56 Å². The summed E-state index contributed by atoms with van der Waals surface area (Å²) in [7, 11) is 0. The molecule has 0 saturated carbocycles. The lowest BCUT2D eigenvalue weighted by Crippen LogP contribution is -2.25. The Morgan fingerprint density at radius 1 is 1.20 bits per heavy atom. The summed E-state index contributed by atoms with van der Waals surface area (Å²) < 4.78 is 26.6. The molecule has 106 valence electrons. The maximum atomic E-state index is 13.3. The Hall–Kier alpha value is -1.26. The predicted molar refractivity (Wildman–Crippen MR) is 79.3 cm³/mol. The van der Waals surface area contributed by atoms with Gasteiger partial charge < -0.3 is 0 Å². The fraction of sp³-hybridized carbons (Fsp3) is 0.375. The molecule has 0 N–H and O–H groups in total. The van der Waals surface area contributed by atoms with Crippen LogP contribution in [0.15, 0.2) is 36.4 Å². The van der Waals surface area contributed by atoms with E-state index in [0.29, 0.717) is 13.1 Å². The minimum Gasteiger partial charge on any atom is -0.293 e. The van der Waals surface area contributed by atoms with Gasteiger partial charge in [0.1, 0.15) is 0 Å². The van der Waals surface area contributed by atoms with E-state index in [1.54, 1.807) is 11.3 Å². The van der Waals surface area contributed by atoms with Gasteiger partial charge in [-0.3, -0.25) is 4.90 Å². The topological polar surface area (TPSA) is 3.24 Å². The maximum absolute atomic E-state index is 13.3. The summed E-state index contributed by atoms with van der Waals surface area (Å²) in [6.45, 7) is 3.04. The van der Waals surface area contributed by atoms with Gasteiger partial charge in [0.25, 0.3) is 5.92 Å². The Bertz CT molecular complexity index is 606. The van der Waals surface area contributed by atoms with Crippen molar-refractivity contribution in [3.8, 4) is 10.4 Å². The van der Waals surface area contributed by atoms with Crippen LogP contribution in [0.1, 0.15) is 16.9 Å². The quantitative estimate of drug-likeness (QED) is 0.801. The summed E-state index contributed by atoms with van der Waals surface area (Å²) in [6, 6.07) is 12.3. The van der Waals surface area contributed by atoms with Crippen LogP contribution in [0.25, 0.3) is 10.4 Å². The molecule has 0 radical (unpaired) electrons. The molecule has 1 aliphatic rings. The van der Waals surface area contributed by atoms with Gasteiger partial charge in [-0.1, -0.05) is 24.3 Å². The van der Waals surface area contributed by atoms with E-state index >= 15 is 0 Å². The van der Waals surface area contributed by atoms with E-state index in [-0.39, 0.29) is 13.0 Å². The lowest BCUT2D eigenvalue weighted by molar-refractivity contribution is 0.0115. The minimum absolute atomic E-state index is 0.0206. The highest BCUT2D eigenvalue weighted by Crippen LogP contribution is 2.33. The number of nitrogens with zero attached hydrogens (tertiary/aromatic N) is 1. The van der Waals surface area contributed by atoms with E-state index < -0.39 is 5.92 Å². The summed E-state index contributed by atoms with van der Waals surface area (Å²) in [6.07, 6.45) is -0.0206. The molecule has 20 heavy (non-hydrogen) atoms. The number of rotatable bonds is 3. The van der Waals surface area contributed by atoms with Gasteiger partial charge in [0, 0.05) is 29.3 Å². The molecule has 3 rings (SSSR count). The molecular weight excluding hydrogens is 276 g/mol. The number of benzene rings is 1. The highest BCUT2D eigenvalue weighted by Gasteiger charge is 2.38. The Labute approximate surface area is 121 Å². The molecule has 0 unspecified atom stereocenters. The van der Waals surface area contributed by atoms with Crippen molar-refractivity contribution in [3.05, 3.63) is 46.8 Å². The summed E-state index contributed by atoms with van der Waals surface area (Å²) >= 11 is 1.75. The van der Waals surface area contributed by atoms with Crippen molar-refractivity contribution in [2.75, 3.05) is 13.1 Å². The molecule has 1 aromatic carbocycles. The van der Waals surface area contributed by atoms with E-state index in [4.69, 9.17) is 0 Å². The van der Waals surface area contributed by atoms with Crippen molar-refractivity contribution >= 4 is 11.3 Å². The average Bonchev–Trinajstić information content (AvgIpc) is 2.96. The van der Waals surface area contributed by atoms with Crippen LogP contribution in [-0.4, -0.2) is 23.9 Å². The Morgan fingerprint density at radius 2 is 2.00 bits per heavy atom. The molecule has 0 bridgehead atoms. The van der Waals surface area contributed by atoms with Crippen LogP contribution >= 0.6 is 11.3 Å². The van der Waals surface area contributed by atoms with Crippen molar-refractivity contribution in [1.29, 1.82) is 0 Å². The van der Waals surface area contributed by atoms with Crippen LogP contribution in [0.4, 0.5) is 8.78 Å². The first-order valence-corrected chi connectivity index (χ1v) is 7.60. The molecule has 1 aromatic heterocycles. The molecule has 0 aliphatic carbocycles. The fourth-order valence-electron chi connectivity index (χ4n) is 2.66. The molecule has 1 nitrogen and oxygen atoms in total. The summed E-state index contributed by atoms with van der Waals surface area (Å²) in [5, 5.41) is 0. The summed E-state index contributed by atoms with van der Waals surface area (Å²) in [5.41, 5.74) is 2.30. The molecule has 1 aliphatic heterocycles. The van der Waals surface area contributed by atoms with Gasteiger partial charge >= 0.3 is 0 Å². The zero-order valence-electron chi connectivity index (χ0n) is 11.4. The van der Waals surface area contributed by atoms with E-state index in [2.05, 4.69) is 25.1 Å². The lowest BCUT2D eigenvalue weighted by atomic mass is 10.1. The number of aryl methyl sites for hydroxylation is 1. The van der Waals surface area contributed by atoms with Gasteiger partial charge in [0.15, 0.2) is 0 Å². The zero-order chi connectivity index (χ0) is 14.2. The van der Waals surface area contributed by atoms with Crippen LogP contribution in [0.2, 0.25) is 0 Å². The molecule has 1 fully saturated rings. The number of halogens is 2. The summed E-state index contributed by atoms with van der Waals surface area (Å²) in [5.74, 6) is -2.52. The largest absolute Gasteiger partial charge is 0.293 e. The van der Waals surface area contributed by atoms with Crippen molar-refractivity contribution in [3.63, 3.8) is 0 Å². The molecule has 0 atom stereocenters. The number of thiophene rings is 1. The normalized spacial score (nSPS) is 18.6. The third kappa shape index (κ3) is 2.91. The molecule has 1 saturated heterocycles. The highest BCUT2D eigenvalue weighted by molar-refractivity contribution is 7.15. The number of alkyl halides is 2. The van der Waals surface area contributed by atoms with E-state index in [9.17, 15) is 8.78 Å². The third-order valence-corrected chi connectivity index (χ3v) is 4.70. The minimum atomic E-state index is -2.52. The molecule has 2 aromatic rings. The second-order valence-electron chi connectivity index (χ2n) is 5.38. The van der Waals surface area contributed by atoms with Gasteiger partial charge in [0.2, 0.25) is 0 Å². The second kappa shape index (κ2) is 5.26. The first-order valence-electron chi connectivity index (χ1n) is 6.78. The Balaban J connectivity index is 1.84. The standard InChI is InChI=1S/C16H17F2NS/c1-12-6-7-15(20-12)14-5-3-2-4-13(14)10-19-9-8-16(17,18)11-19/h2-7H,8-11H2,1H3. The summed E-state index contributed by atoms with van der Waals surface area (Å²) in [4.78, 5) is 4.32. The highest BCUT2D eigenvalue weighted by atomic mass is 32.1. The predicted octanol–water partition coefficient (Wildman–Crippen LogP) is 4.56. The van der Waals surface area contributed by atoms with Crippen molar-refractivity contribution in [2.24, 2.45) is 0 Å². The second-order valence-corrected chi connectivity index (χ2v) is 6.67. The first kappa shape index (κ1) is 13.7. The van der Waals surface area contributed by atoms with Crippen LogP contribution < -0.4 is 0 Å². The Morgan fingerprint density at radius 3 is 2.65 bits per heavy atom. The van der Waals surface area contributed by atoms with Crippen LogP contribution in [0.3, 0.4) is 0 Å². The molecular formula is C16H17F2NS. The maximum Gasteiger partial charge on any atom is 0.261 e. The van der Waals surface area contributed by atoms with Crippen LogP contribution in [0, 0.1) is 6.92 Å². The van der Waals surface area contributed by atoms with Crippen LogP contribution in [-0.2, 0) is 6.54 Å².